The topological polar surface area (TPSA) is 132 Å². The van der Waals surface area contributed by atoms with E-state index in [1.54, 1.807) is 18.2 Å². The van der Waals surface area contributed by atoms with Gasteiger partial charge in [-0.2, -0.15) is 10.2 Å². The second-order valence-electron chi connectivity index (χ2n) is 3.85. The van der Waals surface area contributed by atoms with Gasteiger partial charge in [0.05, 0.1) is 0 Å². The van der Waals surface area contributed by atoms with E-state index >= 15 is 0 Å². The summed E-state index contributed by atoms with van der Waals surface area (Å²) in [6, 6.07) is 5.28. The molecule has 0 aliphatic rings. The van der Waals surface area contributed by atoms with Gasteiger partial charge in [0.1, 0.15) is 11.4 Å². The van der Waals surface area contributed by atoms with Gasteiger partial charge in [-0.15, -0.1) is 0 Å². The van der Waals surface area contributed by atoms with Gasteiger partial charge in [0.25, 0.3) is 0 Å². The van der Waals surface area contributed by atoms with E-state index in [1.165, 1.54) is 9.35 Å². The van der Waals surface area contributed by atoms with E-state index < -0.39 is 0 Å². The number of nitrogen functional groups attached to an aromatic ring is 2. The van der Waals surface area contributed by atoms with Crippen LogP contribution in [0, 0.1) is 9.54 Å². The molecule has 0 saturated carbocycles. The first-order chi connectivity index (χ1) is 9.58. The van der Waals surface area contributed by atoms with Crippen molar-refractivity contribution >= 4 is 24.4 Å². The molecular weight excluding hydrogens is 298 g/mol. The summed E-state index contributed by atoms with van der Waals surface area (Å²) in [4.78, 5) is 4.40. The van der Waals surface area contributed by atoms with Crippen LogP contribution in [0.25, 0.3) is 23.0 Å². The minimum atomic E-state index is 0.300. The average molecular weight is 307 g/mol. The maximum Gasteiger partial charge on any atom is 0.214 e. The monoisotopic (exact) mass is 307 g/mol. The van der Waals surface area contributed by atoms with Crippen molar-refractivity contribution in [3.05, 3.63) is 27.7 Å². The number of nitrogens with two attached hydrogens (primary N) is 2. The zero-order chi connectivity index (χ0) is 14.3. The largest absolute Gasteiger partial charge is 0.335 e. The van der Waals surface area contributed by atoms with Gasteiger partial charge in [-0.1, -0.05) is 6.07 Å². The molecule has 20 heavy (non-hydrogen) atoms. The second kappa shape index (κ2) is 4.54. The van der Waals surface area contributed by atoms with Crippen molar-refractivity contribution in [1.82, 2.24) is 34.7 Å². The lowest BCUT2D eigenvalue weighted by Gasteiger charge is -2.03. The molecule has 0 radical (unpaired) electrons. The van der Waals surface area contributed by atoms with Crippen LogP contribution in [0.2, 0.25) is 0 Å². The van der Waals surface area contributed by atoms with E-state index in [-0.39, 0.29) is 0 Å². The lowest BCUT2D eigenvalue weighted by atomic mass is 10.3. The molecule has 3 rings (SSSR count). The first kappa shape index (κ1) is 12.5. The number of aromatic nitrogens is 7. The predicted molar refractivity (Wildman–Crippen MR) is 77.3 cm³/mol. The molecule has 0 aromatic carbocycles. The summed E-state index contributed by atoms with van der Waals surface area (Å²) in [5.41, 5.74) is 1.07. The Hall–Kier alpha value is -2.53. The smallest absolute Gasteiger partial charge is 0.214 e. The quantitative estimate of drug-likeness (QED) is 0.396. The van der Waals surface area contributed by atoms with Crippen LogP contribution in [0.4, 0.5) is 0 Å². The number of nitrogens with one attached hydrogen (secondary N) is 2. The summed E-state index contributed by atoms with van der Waals surface area (Å²) < 4.78 is 3.07. The van der Waals surface area contributed by atoms with E-state index in [0.29, 0.717) is 32.6 Å². The van der Waals surface area contributed by atoms with Crippen molar-refractivity contribution in [2.75, 3.05) is 11.7 Å². The zero-order valence-electron chi connectivity index (χ0n) is 9.94. The van der Waals surface area contributed by atoms with E-state index in [4.69, 9.17) is 36.1 Å². The fraction of sp³-hybridized carbons (Fsp3) is 0. The molecule has 3 aromatic heterocycles. The van der Waals surface area contributed by atoms with Gasteiger partial charge in [0, 0.05) is 0 Å². The molecule has 0 aliphatic carbocycles. The molecule has 11 heteroatoms. The zero-order valence-corrected chi connectivity index (χ0v) is 11.6. The summed E-state index contributed by atoms with van der Waals surface area (Å²) in [5, 5.41) is 13.2. The van der Waals surface area contributed by atoms with Gasteiger partial charge < -0.3 is 11.7 Å². The third-order valence-electron chi connectivity index (χ3n) is 2.62. The van der Waals surface area contributed by atoms with Crippen molar-refractivity contribution < 1.29 is 0 Å². The number of pyridine rings is 1. The Morgan fingerprint density at radius 1 is 0.900 bits per heavy atom. The van der Waals surface area contributed by atoms with E-state index in [9.17, 15) is 0 Å². The van der Waals surface area contributed by atoms with Crippen LogP contribution < -0.4 is 11.7 Å². The van der Waals surface area contributed by atoms with Gasteiger partial charge in [-0.05, 0) is 36.6 Å². The standard InChI is InChI=1S/C9H9N9S2/c10-17-6(13-15-8(17)19)4-2-1-3-5(12-4)7-14-16-9(20)18(7)11/h1-3H,10-11H2,(H,15,19)(H,16,20). The van der Waals surface area contributed by atoms with Crippen molar-refractivity contribution in [2.24, 2.45) is 0 Å². The fourth-order valence-electron chi connectivity index (χ4n) is 1.65. The molecule has 0 saturated heterocycles. The minimum Gasteiger partial charge on any atom is -0.335 e. The summed E-state index contributed by atoms with van der Waals surface area (Å²) in [6.07, 6.45) is 0. The summed E-state index contributed by atoms with van der Waals surface area (Å²) in [5.74, 6) is 12.4. The van der Waals surface area contributed by atoms with Gasteiger partial charge in [-0.25, -0.2) is 24.5 Å². The Morgan fingerprint density at radius 2 is 1.35 bits per heavy atom. The van der Waals surface area contributed by atoms with E-state index in [2.05, 4.69) is 25.4 Å². The molecule has 102 valence electrons. The molecule has 3 aromatic rings. The third-order valence-corrected chi connectivity index (χ3v) is 3.19. The van der Waals surface area contributed by atoms with E-state index in [0.717, 1.165) is 0 Å². The Morgan fingerprint density at radius 3 is 1.70 bits per heavy atom. The Labute approximate surface area is 122 Å². The molecule has 3 heterocycles. The highest BCUT2D eigenvalue weighted by molar-refractivity contribution is 7.71. The summed E-state index contributed by atoms with van der Waals surface area (Å²) in [7, 11) is 0. The van der Waals surface area contributed by atoms with Gasteiger partial charge in [0.15, 0.2) is 11.6 Å². The van der Waals surface area contributed by atoms with Crippen molar-refractivity contribution in [3.63, 3.8) is 0 Å². The number of nitrogens with zero attached hydrogens (tertiary/aromatic N) is 5. The normalized spacial score (nSPS) is 10.8. The molecule has 0 bridgehead atoms. The van der Waals surface area contributed by atoms with Crippen LogP contribution >= 0.6 is 24.4 Å². The number of hydrogen-bond acceptors (Lipinski definition) is 7. The van der Waals surface area contributed by atoms with Crippen molar-refractivity contribution in [3.8, 4) is 23.0 Å². The molecule has 0 fully saturated rings. The highest BCUT2D eigenvalue weighted by Crippen LogP contribution is 2.18. The SMILES string of the molecule is Nn1c(-c2cccc(-c3n[nH]c(=S)n3N)n2)n[nH]c1=S. The third kappa shape index (κ3) is 1.88. The van der Waals surface area contributed by atoms with Crippen LogP contribution in [0.15, 0.2) is 18.2 Å². The fourth-order valence-corrected chi connectivity index (χ4v) is 1.92. The lowest BCUT2D eigenvalue weighted by Crippen LogP contribution is -2.12. The van der Waals surface area contributed by atoms with Crippen LogP contribution in [-0.2, 0) is 0 Å². The minimum absolute atomic E-state index is 0.300. The molecule has 9 nitrogen and oxygen atoms in total. The van der Waals surface area contributed by atoms with Gasteiger partial charge >= 0.3 is 0 Å². The lowest BCUT2D eigenvalue weighted by molar-refractivity contribution is 0.967. The van der Waals surface area contributed by atoms with Crippen LogP contribution in [-0.4, -0.2) is 34.7 Å². The van der Waals surface area contributed by atoms with Gasteiger partial charge in [0.2, 0.25) is 9.54 Å². The molecule has 0 atom stereocenters. The average Bonchev–Trinajstić information content (AvgIpc) is 2.95. The molecular formula is C9H9N9S2. The Kier molecular flexibility index (Phi) is 2.84. The first-order valence-corrected chi connectivity index (χ1v) is 6.22. The molecule has 0 unspecified atom stereocenters. The maximum atomic E-state index is 5.77. The van der Waals surface area contributed by atoms with Crippen LogP contribution in [0.5, 0.6) is 0 Å². The molecule has 0 aliphatic heterocycles. The van der Waals surface area contributed by atoms with Crippen molar-refractivity contribution in [2.45, 2.75) is 0 Å². The Bertz CT molecular complexity index is 814. The van der Waals surface area contributed by atoms with E-state index in [1.807, 2.05) is 0 Å². The number of rotatable bonds is 2. The highest BCUT2D eigenvalue weighted by atomic mass is 32.1. The van der Waals surface area contributed by atoms with Crippen LogP contribution in [0.1, 0.15) is 0 Å². The first-order valence-electron chi connectivity index (χ1n) is 5.40. The van der Waals surface area contributed by atoms with Gasteiger partial charge in [-0.3, -0.25) is 0 Å². The summed E-state index contributed by atoms with van der Waals surface area (Å²) in [6.45, 7) is 0. The number of aromatic amines is 2. The summed E-state index contributed by atoms with van der Waals surface area (Å²) >= 11 is 9.92. The van der Waals surface area contributed by atoms with Crippen molar-refractivity contribution in [1.29, 1.82) is 0 Å². The van der Waals surface area contributed by atoms with Crippen LogP contribution in [0.3, 0.4) is 0 Å². The molecule has 0 spiro atoms. The maximum absolute atomic E-state index is 5.77. The second-order valence-corrected chi connectivity index (χ2v) is 4.63. The number of H-pyrrole nitrogens is 2. The predicted octanol–water partition coefficient (Wildman–Crippen LogP) is 0.351. The highest BCUT2D eigenvalue weighted by Gasteiger charge is 2.12. The number of hydrogen-bond donors (Lipinski definition) is 4. The Balaban J connectivity index is 2.15. The molecule has 0 amide bonds. The molecule has 6 N–H and O–H groups in total.